The number of amides is 2. The van der Waals surface area contributed by atoms with Gasteiger partial charge in [0.25, 0.3) is 5.92 Å². The molecule has 1 aromatic carbocycles. The zero-order chi connectivity index (χ0) is 16.3. The summed E-state index contributed by atoms with van der Waals surface area (Å²) >= 11 is 0. The fourth-order valence-electron chi connectivity index (χ4n) is 2.39. The molecule has 1 saturated heterocycles. The maximum absolute atomic E-state index is 13.0. The molecule has 0 saturated carbocycles. The number of carbonyl (C=O) groups is 2. The smallest absolute Gasteiger partial charge is 0.262 e. The molecular weight excluding hydrogens is 292 g/mol. The minimum Gasteiger partial charge on any atom is -0.346 e. The van der Waals surface area contributed by atoms with E-state index in [-0.39, 0.29) is 6.54 Å². The molecule has 0 aliphatic carbocycles. The van der Waals surface area contributed by atoms with Gasteiger partial charge in [-0.3, -0.25) is 14.9 Å². The maximum Gasteiger partial charge on any atom is 0.262 e. The highest BCUT2D eigenvalue weighted by molar-refractivity contribution is 5.96. The number of rotatable bonds is 4. The van der Waals surface area contributed by atoms with Crippen molar-refractivity contribution in [3.63, 3.8) is 0 Å². The molecule has 1 fully saturated rings. The standard InChI is InChI=1S/C15H19F2N3O2/c1-9-4-3-5-10(2)13(9)20-12(21)7-18-14(22)11-6-15(16,17)8-19-11/h3-5,11,19H,6-8H2,1-2H3,(H,18,22)(H,20,21). The van der Waals surface area contributed by atoms with E-state index in [0.29, 0.717) is 5.69 Å². The Bertz CT molecular complexity index is 570. The molecule has 1 aromatic rings. The summed E-state index contributed by atoms with van der Waals surface area (Å²) in [6.07, 6.45) is -0.544. The molecule has 0 radical (unpaired) electrons. The van der Waals surface area contributed by atoms with Crippen LogP contribution in [0.3, 0.4) is 0 Å². The zero-order valence-corrected chi connectivity index (χ0v) is 12.5. The topological polar surface area (TPSA) is 70.2 Å². The number of hydrogen-bond donors (Lipinski definition) is 3. The molecule has 1 atom stereocenters. The van der Waals surface area contributed by atoms with Gasteiger partial charge in [-0.2, -0.15) is 0 Å². The number of carbonyl (C=O) groups excluding carboxylic acids is 2. The van der Waals surface area contributed by atoms with Crippen molar-refractivity contribution in [2.45, 2.75) is 32.2 Å². The van der Waals surface area contributed by atoms with Gasteiger partial charge in [0, 0.05) is 12.1 Å². The average molecular weight is 311 g/mol. The Balaban J connectivity index is 1.84. The molecule has 0 spiro atoms. The minimum absolute atomic E-state index is 0.254. The van der Waals surface area contributed by atoms with Crippen LogP contribution in [0.2, 0.25) is 0 Å². The van der Waals surface area contributed by atoms with Gasteiger partial charge >= 0.3 is 0 Å². The Labute approximate surface area is 127 Å². The van der Waals surface area contributed by atoms with Crippen molar-refractivity contribution in [2.75, 3.05) is 18.4 Å². The van der Waals surface area contributed by atoms with E-state index in [1.165, 1.54) is 0 Å². The van der Waals surface area contributed by atoms with E-state index in [1.807, 2.05) is 32.0 Å². The van der Waals surface area contributed by atoms with Crippen LogP contribution in [0, 0.1) is 13.8 Å². The number of hydrogen-bond acceptors (Lipinski definition) is 3. The lowest BCUT2D eigenvalue weighted by Gasteiger charge is -2.13. The monoisotopic (exact) mass is 311 g/mol. The van der Waals surface area contributed by atoms with Gasteiger partial charge in [0.05, 0.1) is 19.1 Å². The Morgan fingerprint density at radius 3 is 2.50 bits per heavy atom. The number of nitrogens with one attached hydrogen (secondary N) is 3. The van der Waals surface area contributed by atoms with Gasteiger partial charge in [-0.1, -0.05) is 18.2 Å². The third kappa shape index (κ3) is 4.00. The predicted octanol–water partition coefficient (Wildman–Crippen LogP) is 1.36. The minimum atomic E-state index is -2.87. The number of halogens is 2. The zero-order valence-electron chi connectivity index (χ0n) is 12.5. The number of alkyl halides is 2. The summed E-state index contributed by atoms with van der Waals surface area (Å²) in [6, 6.07) is 4.66. The first-order valence-corrected chi connectivity index (χ1v) is 7.03. The molecule has 2 amide bonds. The highest BCUT2D eigenvalue weighted by atomic mass is 19.3. The number of benzene rings is 1. The summed E-state index contributed by atoms with van der Waals surface area (Å²) in [5.41, 5.74) is 2.53. The first kappa shape index (κ1) is 16.4. The van der Waals surface area contributed by atoms with E-state index in [0.717, 1.165) is 11.1 Å². The van der Waals surface area contributed by atoms with E-state index in [2.05, 4.69) is 16.0 Å². The van der Waals surface area contributed by atoms with Gasteiger partial charge in [-0.25, -0.2) is 8.78 Å². The molecule has 2 rings (SSSR count). The molecule has 120 valence electrons. The van der Waals surface area contributed by atoms with E-state index >= 15 is 0 Å². The van der Waals surface area contributed by atoms with Crippen LogP contribution in [-0.2, 0) is 9.59 Å². The van der Waals surface area contributed by atoms with Crippen LogP contribution in [0.15, 0.2) is 18.2 Å². The van der Waals surface area contributed by atoms with Gasteiger partial charge < -0.3 is 10.6 Å². The highest BCUT2D eigenvalue weighted by Gasteiger charge is 2.42. The van der Waals surface area contributed by atoms with Gasteiger partial charge in [0.15, 0.2) is 0 Å². The summed E-state index contributed by atoms with van der Waals surface area (Å²) in [5.74, 6) is -3.85. The Kier molecular flexibility index (Phi) is 4.75. The number of aryl methyl sites for hydroxylation is 2. The second-order valence-corrected chi connectivity index (χ2v) is 5.53. The summed E-state index contributed by atoms with van der Waals surface area (Å²) < 4.78 is 26.0. The molecule has 7 heteroatoms. The predicted molar refractivity (Wildman–Crippen MR) is 78.9 cm³/mol. The van der Waals surface area contributed by atoms with Crippen molar-refractivity contribution in [1.82, 2.24) is 10.6 Å². The van der Waals surface area contributed by atoms with Crippen molar-refractivity contribution >= 4 is 17.5 Å². The molecule has 5 nitrogen and oxygen atoms in total. The molecule has 22 heavy (non-hydrogen) atoms. The van der Waals surface area contributed by atoms with Gasteiger partial charge in [-0.05, 0) is 25.0 Å². The normalized spacial score (nSPS) is 19.7. The van der Waals surface area contributed by atoms with Crippen molar-refractivity contribution in [2.24, 2.45) is 0 Å². The Morgan fingerprint density at radius 1 is 1.32 bits per heavy atom. The van der Waals surface area contributed by atoms with E-state index in [1.54, 1.807) is 0 Å². The first-order valence-electron chi connectivity index (χ1n) is 7.03. The third-order valence-corrected chi connectivity index (χ3v) is 3.60. The average Bonchev–Trinajstić information content (AvgIpc) is 2.81. The SMILES string of the molecule is Cc1cccc(C)c1NC(=O)CNC(=O)C1CC(F)(F)CN1. The summed E-state index contributed by atoms with van der Waals surface area (Å²) in [4.78, 5) is 23.6. The molecule has 3 N–H and O–H groups in total. The number of anilines is 1. The Hall–Kier alpha value is -2.02. The molecular formula is C15H19F2N3O2. The third-order valence-electron chi connectivity index (χ3n) is 3.60. The van der Waals surface area contributed by atoms with Crippen LogP contribution in [0.4, 0.5) is 14.5 Å². The largest absolute Gasteiger partial charge is 0.346 e. The van der Waals surface area contributed by atoms with Crippen LogP contribution >= 0.6 is 0 Å². The van der Waals surface area contributed by atoms with Crippen molar-refractivity contribution in [1.29, 1.82) is 0 Å². The van der Waals surface area contributed by atoms with Gasteiger partial charge in [0.2, 0.25) is 11.8 Å². The maximum atomic E-state index is 13.0. The van der Waals surface area contributed by atoms with Gasteiger partial charge in [-0.15, -0.1) is 0 Å². The van der Waals surface area contributed by atoms with E-state index in [4.69, 9.17) is 0 Å². The van der Waals surface area contributed by atoms with Crippen LogP contribution < -0.4 is 16.0 Å². The van der Waals surface area contributed by atoms with Gasteiger partial charge in [0.1, 0.15) is 0 Å². The number of para-hydroxylation sites is 1. The highest BCUT2D eigenvalue weighted by Crippen LogP contribution is 2.25. The fraction of sp³-hybridized carbons (Fsp3) is 0.467. The molecule has 1 aliphatic heterocycles. The molecule has 1 heterocycles. The first-order chi connectivity index (χ1) is 10.3. The summed E-state index contributed by atoms with van der Waals surface area (Å²) in [7, 11) is 0. The molecule has 1 aliphatic rings. The van der Waals surface area contributed by atoms with Crippen molar-refractivity contribution in [3.05, 3.63) is 29.3 Å². The quantitative estimate of drug-likeness (QED) is 0.786. The van der Waals surface area contributed by atoms with Crippen LogP contribution in [-0.4, -0.2) is 36.9 Å². The van der Waals surface area contributed by atoms with E-state index in [9.17, 15) is 18.4 Å². The van der Waals surface area contributed by atoms with Crippen LogP contribution in [0.25, 0.3) is 0 Å². The fourth-order valence-corrected chi connectivity index (χ4v) is 2.39. The lowest BCUT2D eigenvalue weighted by molar-refractivity contribution is -0.125. The van der Waals surface area contributed by atoms with Crippen molar-refractivity contribution in [3.8, 4) is 0 Å². The molecule has 1 unspecified atom stereocenters. The van der Waals surface area contributed by atoms with Crippen LogP contribution in [0.1, 0.15) is 17.5 Å². The summed E-state index contributed by atoms with van der Waals surface area (Å²) in [6.45, 7) is 2.97. The lowest BCUT2D eigenvalue weighted by atomic mass is 10.1. The summed E-state index contributed by atoms with van der Waals surface area (Å²) in [5, 5.41) is 7.54. The van der Waals surface area contributed by atoms with Crippen LogP contribution in [0.5, 0.6) is 0 Å². The second-order valence-electron chi connectivity index (χ2n) is 5.53. The molecule has 0 bridgehead atoms. The molecule has 0 aromatic heterocycles. The lowest BCUT2D eigenvalue weighted by Crippen LogP contribution is -2.43. The van der Waals surface area contributed by atoms with E-state index < -0.39 is 36.7 Å². The van der Waals surface area contributed by atoms with Crippen molar-refractivity contribution < 1.29 is 18.4 Å². The Morgan fingerprint density at radius 2 is 1.95 bits per heavy atom. The second kappa shape index (κ2) is 6.39.